The van der Waals surface area contributed by atoms with Gasteiger partial charge in [0.25, 0.3) is 5.91 Å². The van der Waals surface area contributed by atoms with Crippen molar-refractivity contribution in [2.24, 2.45) is 0 Å². The molecule has 4 heteroatoms. The number of carbonyl (C=O) groups excluding carboxylic acids is 1. The topological polar surface area (TPSA) is 54.3 Å². The SMILES string of the molecule is CCc1ccc(-c2ccc(C(=O)NCC3=CCNCC3)o2)cc1. The molecule has 0 aliphatic carbocycles. The maximum Gasteiger partial charge on any atom is 0.287 e. The number of furan rings is 1. The van der Waals surface area contributed by atoms with Crippen LogP contribution in [-0.4, -0.2) is 25.5 Å². The van der Waals surface area contributed by atoms with Crippen molar-refractivity contribution in [1.82, 2.24) is 10.6 Å². The number of nitrogens with one attached hydrogen (secondary N) is 2. The van der Waals surface area contributed by atoms with Gasteiger partial charge in [0.2, 0.25) is 0 Å². The number of benzene rings is 1. The first-order valence-electron chi connectivity index (χ1n) is 8.12. The highest BCUT2D eigenvalue weighted by Crippen LogP contribution is 2.22. The lowest BCUT2D eigenvalue weighted by atomic mass is 10.1. The molecule has 0 unspecified atom stereocenters. The predicted octanol–water partition coefficient (Wildman–Crippen LogP) is 3.16. The van der Waals surface area contributed by atoms with Crippen molar-refractivity contribution in [3.63, 3.8) is 0 Å². The van der Waals surface area contributed by atoms with E-state index in [9.17, 15) is 4.79 Å². The van der Waals surface area contributed by atoms with Crippen LogP contribution in [0.15, 0.2) is 52.5 Å². The van der Waals surface area contributed by atoms with Gasteiger partial charge < -0.3 is 15.1 Å². The molecule has 1 amide bonds. The van der Waals surface area contributed by atoms with Gasteiger partial charge in [0, 0.05) is 18.7 Å². The Morgan fingerprint density at radius 1 is 1.22 bits per heavy atom. The van der Waals surface area contributed by atoms with Crippen molar-refractivity contribution in [2.45, 2.75) is 19.8 Å². The highest BCUT2D eigenvalue weighted by atomic mass is 16.3. The van der Waals surface area contributed by atoms with Crippen LogP contribution < -0.4 is 10.6 Å². The zero-order valence-electron chi connectivity index (χ0n) is 13.4. The Kier molecular flexibility index (Phi) is 4.93. The molecule has 0 spiro atoms. The smallest absolute Gasteiger partial charge is 0.287 e. The monoisotopic (exact) mass is 310 g/mol. The van der Waals surface area contributed by atoms with Crippen LogP contribution in [0.3, 0.4) is 0 Å². The lowest BCUT2D eigenvalue weighted by molar-refractivity contribution is 0.0930. The summed E-state index contributed by atoms with van der Waals surface area (Å²) < 4.78 is 5.70. The largest absolute Gasteiger partial charge is 0.451 e. The molecule has 23 heavy (non-hydrogen) atoms. The van der Waals surface area contributed by atoms with E-state index < -0.39 is 0 Å². The lowest BCUT2D eigenvalue weighted by Gasteiger charge is -2.14. The van der Waals surface area contributed by atoms with E-state index in [1.54, 1.807) is 6.07 Å². The molecule has 0 saturated carbocycles. The Balaban J connectivity index is 1.63. The summed E-state index contributed by atoms with van der Waals surface area (Å²) in [5.74, 6) is 0.911. The van der Waals surface area contributed by atoms with Crippen LogP contribution in [0.4, 0.5) is 0 Å². The van der Waals surface area contributed by atoms with Crippen molar-refractivity contribution < 1.29 is 9.21 Å². The first kappa shape index (κ1) is 15.6. The fraction of sp³-hybridized carbons (Fsp3) is 0.316. The minimum Gasteiger partial charge on any atom is -0.451 e. The van der Waals surface area contributed by atoms with Crippen LogP contribution in [0.1, 0.15) is 29.5 Å². The molecule has 2 N–H and O–H groups in total. The molecular weight excluding hydrogens is 288 g/mol. The minimum atomic E-state index is -0.166. The molecule has 1 aliphatic rings. The van der Waals surface area contributed by atoms with E-state index in [1.165, 1.54) is 11.1 Å². The molecule has 1 aliphatic heterocycles. The third kappa shape index (κ3) is 3.90. The molecule has 0 bridgehead atoms. The fourth-order valence-electron chi connectivity index (χ4n) is 2.63. The maximum absolute atomic E-state index is 12.2. The second-order valence-electron chi connectivity index (χ2n) is 5.71. The van der Waals surface area contributed by atoms with Gasteiger partial charge in [-0.15, -0.1) is 0 Å². The van der Waals surface area contributed by atoms with E-state index in [0.29, 0.717) is 12.3 Å². The minimum absolute atomic E-state index is 0.166. The predicted molar refractivity (Wildman–Crippen MR) is 91.4 cm³/mol. The fourth-order valence-corrected chi connectivity index (χ4v) is 2.63. The Labute approximate surface area is 136 Å². The van der Waals surface area contributed by atoms with Crippen molar-refractivity contribution in [2.75, 3.05) is 19.6 Å². The number of rotatable bonds is 5. The van der Waals surface area contributed by atoms with Crippen LogP contribution >= 0.6 is 0 Å². The van der Waals surface area contributed by atoms with E-state index in [2.05, 4.69) is 35.8 Å². The molecule has 0 radical (unpaired) electrons. The summed E-state index contributed by atoms with van der Waals surface area (Å²) in [4.78, 5) is 12.2. The Morgan fingerprint density at radius 3 is 2.74 bits per heavy atom. The normalized spacial score (nSPS) is 14.4. The number of aryl methyl sites for hydroxylation is 1. The summed E-state index contributed by atoms with van der Waals surface area (Å²) in [6.45, 7) is 4.56. The van der Waals surface area contributed by atoms with E-state index in [1.807, 2.05) is 18.2 Å². The molecule has 0 fully saturated rings. The molecule has 1 aromatic carbocycles. The Bertz CT molecular complexity index is 698. The van der Waals surface area contributed by atoms with Crippen LogP contribution in [0.2, 0.25) is 0 Å². The van der Waals surface area contributed by atoms with Crippen LogP contribution in [0.5, 0.6) is 0 Å². The van der Waals surface area contributed by atoms with Gasteiger partial charge in [-0.05, 0) is 37.1 Å². The molecule has 4 nitrogen and oxygen atoms in total. The van der Waals surface area contributed by atoms with Crippen molar-refractivity contribution in [1.29, 1.82) is 0 Å². The molecule has 3 rings (SSSR count). The highest BCUT2D eigenvalue weighted by molar-refractivity contribution is 5.92. The Morgan fingerprint density at radius 2 is 2.04 bits per heavy atom. The summed E-state index contributed by atoms with van der Waals surface area (Å²) in [5.41, 5.74) is 3.54. The molecule has 120 valence electrons. The van der Waals surface area contributed by atoms with Crippen molar-refractivity contribution >= 4 is 5.91 Å². The van der Waals surface area contributed by atoms with Gasteiger partial charge in [0.1, 0.15) is 5.76 Å². The van der Waals surface area contributed by atoms with Gasteiger partial charge in [-0.2, -0.15) is 0 Å². The highest BCUT2D eigenvalue weighted by Gasteiger charge is 2.13. The zero-order chi connectivity index (χ0) is 16.1. The maximum atomic E-state index is 12.2. The van der Waals surface area contributed by atoms with Gasteiger partial charge >= 0.3 is 0 Å². The zero-order valence-corrected chi connectivity index (χ0v) is 13.4. The van der Waals surface area contributed by atoms with E-state index in [4.69, 9.17) is 4.42 Å². The molecule has 0 atom stereocenters. The summed E-state index contributed by atoms with van der Waals surface area (Å²) in [5, 5.41) is 6.18. The van der Waals surface area contributed by atoms with Gasteiger partial charge in [0.05, 0.1) is 0 Å². The summed E-state index contributed by atoms with van der Waals surface area (Å²) in [7, 11) is 0. The van der Waals surface area contributed by atoms with E-state index in [-0.39, 0.29) is 5.91 Å². The molecule has 1 aromatic heterocycles. The molecule has 0 saturated heterocycles. The van der Waals surface area contributed by atoms with Gasteiger partial charge in [-0.1, -0.05) is 42.8 Å². The average Bonchev–Trinajstić information content (AvgIpc) is 3.11. The standard InChI is InChI=1S/C19H22N2O2/c1-2-14-3-5-16(6-4-14)17-7-8-18(23-17)19(22)21-13-15-9-11-20-12-10-15/h3-9,20H,2,10-13H2,1H3,(H,21,22). The van der Waals surface area contributed by atoms with E-state index >= 15 is 0 Å². The summed E-state index contributed by atoms with van der Waals surface area (Å²) in [6, 6.07) is 11.8. The van der Waals surface area contributed by atoms with Crippen molar-refractivity contribution in [3.05, 3.63) is 59.4 Å². The van der Waals surface area contributed by atoms with Crippen LogP contribution in [0.25, 0.3) is 11.3 Å². The summed E-state index contributed by atoms with van der Waals surface area (Å²) >= 11 is 0. The van der Waals surface area contributed by atoms with Crippen LogP contribution in [0, 0.1) is 0 Å². The third-order valence-corrected chi connectivity index (χ3v) is 4.11. The number of hydrogen-bond acceptors (Lipinski definition) is 3. The quantitative estimate of drug-likeness (QED) is 0.834. The first-order valence-corrected chi connectivity index (χ1v) is 8.12. The number of hydrogen-bond donors (Lipinski definition) is 2. The van der Waals surface area contributed by atoms with Gasteiger partial charge in [-0.3, -0.25) is 4.79 Å². The number of carbonyl (C=O) groups is 1. The van der Waals surface area contributed by atoms with Gasteiger partial charge in [0.15, 0.2) is 5.76 Å². The van der Waals surface area contributed by atoms with Crippen molar-refractivity contribution in [3.8, 4) is 11.3 Å². The average molecular weight is 310 g/mol. The third-order valence-electron chi connectivity index (χ3n) is 4.11. The first-order chi connectivity index (χ1) is 11.3. The second-order valence-corrected chi connectivity index (χ2v) is 5.71. The van der Waals surface area contributed by atoms with E-state index in [0.717, 1.165) is 37.3 Å². The number of amides is 1. The lowest BCUT2D eigenvalue weighted by Crippen LogP contribution is -2.29. The molecule has 2 aromatic rings. The van der Waals surface area contributed by atoms with Gasteiger partial charge in [-0.25, -0.2) is 0 Å². The van der Waals surface area contributed by atoms with Crippen LogP contribution in [-0.2, 0) is 6.42 Å². The molecular formula is C19H22N2O2. The second kappa shape index (κ2) is 7.29. The molecule has 2 heterocycles. The summed E-state index contributed by atoms with van der Waals surface area (Å²) in [6.07, 6.45) is 4.12. The Hall–Kier alpha value is -2.33.